The predicted octanol–water partition coefficient (Wildman–Crippen LogP) is 5.29. The zero-order chi connectivity index (χ0) is 43.3. The normalized spacial score (nSPS) is 34.5. The zero-order valence-electron chi connectivity index (χ0n) is 36.6. The molecule has 3 spiro atoms. The molecule has 6 aliphatic carbocycles. The maximum atomic E-state index is 13.5. The minimum atomic E-state index is -1.05. The third-order valence-corrected chi connectivity index (χ3v) is 16.2. The first kappa shape index (κ1) is 42.9. The van der Waals surface area contributed by atoms with E-state index in [0.29, 0.717) is 30.4 Å². The summed E-state index contributed by atoms with van der Waals surface area (Å²) < 4.78 is 40.6. The van der Waals surface area contributed by atoms with Gasteiger partial charge in [-0.05, 0) is 94.6 Å². The molecule has 1 aromatic carbocycles. The maximum absolute atomic E-state index is 13.5. The molecule has 14 nitrogen and oxygen atoms in total. The molecule has 1 saturated heterocycles. The van der Waals surface area contributed by atoms with Crippen LogP contribution < -0.4 is 9.47 Å². The molecule has 5 saturated carbocycles. The van der Waals surface area contributed by atoms with Crippen molar-refractivity contribution in [2.45, 2.75) is 165 Å². The number of unbranched alkanes of at least 4 members (excludes halogenated alkanes) is 1. The van der Waals surface area contributed by atoms with Gasteiger partial charge in [0.2, 0.25) is 0 Å². The van der Waals surface area contributed by atoms with Crippen LogP contribution in [0.5, 0.6) is 11.5 Å². The Morgan fingerprint density at radius 2 is 1.60 bits per heavy atom. The van der Waals surface area contributed by atoms with Crippen LogP contribution in [0, 0.1) is 22.7 Å². The Morgan fingerprint density at radius 1 is 0.917 bits per heavy atom. The van der Waals surface area contributed by atoms with E-state index >= 15 is 0 Å². The predicted molar refractivity (Wildman–Crippen MR) is 214 cm³/mol. The van der Waals surface area contributed by atoms with Crippen LogP contribution in [0.3, 0.4) is 0 Å². The van der Waals surface area contributed by atoms with Gasteiger partial charge in [0.25, 0.3) is 0 Å². The van der Waals surface area contributed by atoms with Crippen molar-refractivity contribution in [1.29, 1.82) is 0 Å². The maximum Gasteiger partial charge on any atom is 0.311 e. The first-order valence-corrected chi connectivity index (χ1v) is 21.9. The number of esters is 5. The van der Waals surface area contributed by atoms with Crippen LogP contribution in [0.15, 0.2) is 12.1 Å². The van der Waals surface area contributed by atoms with E-state index in [4.69, 9.17) is 33.2 Å². The molecule has 1 aromatic rings. The van der Waals surface area contributed by atoms with E-state index in [1.54, 1.807) is 7.11 Å². The molecule has 9 atom stereocenters. The number of aliphatic hydroxyl groups is 1. The molecule has 2 aliphatic heterocycles. The number of methoxy groups -OCH3 is 1. The standard InChI is InChI=1S/C46H63NO13/c1-27(48)56-24-31(25-57-28(2)49)58-36(52)17-16-34(50)55-20-10-9-11-35(51)59-32-15-14-30-21-44-26-45-37(30)38(32)60-42(45,7)46(54-8)19-18-43(45,39(44)47(44)23-29-12-13-29)22-33(46)41(6,53)40(3,4)5/h14-15,29,31,33,39,53H,9-13,16-26H2,1-8H3/t33-,39?,41+,42+,43-,44?,45+,46-,47+/m1/s1. The van der Waals surface area contributed by atoms with Crippen LogP contribution in [0.4, 0.5) is 0 Å². The summed E-state index contributed by atoms with van der Waals surface area (Å²) >= 11 is 0. The summed E-state index contributed by atoms with van der Waals surface area (Å²) in [6.07, 6.45) is 6.54. The molecule has 60 heavy (non-hydrogen) atoms. The van der Waals surface area contributed by atoms with E-state index in [9.17, 15) is 29.1 Å². The van der Waals surface area contributed by atoms with Crippen molar-refractivity contribution in [3.63, 3.8) is 0 Å². The quantitative estimate of drug-likeness (QED) is 0.0665. The van der Waals surface area contributed by atoms with Gasteiger partial charge in [0.15, 0.2) is 17.6 Å². The molecule has 330 valence electrons. The number of benzene rings is 1. The second kappa shape index (κ2) is 14.7. The van der Waals surface area contributed by atoms with Gasteiger partial charge in [0.1, 0.15) is 24.4 Å². The highest BCUT2D eigenvalue weighted by Gasteiger charge is 2.95. The second-order valence-corrected chi connectivity index (χ2v) is 20.2. The molecule has 2 heterocycles. The van der Waals surface area contributed by atoms with E-state index in [1.165, 1.54) is 37.8 Å². The molecule has 2 unspecified atom stereocenters. The highest BCUT2D eigenvalue weighted by Crippen LogP contribution is 2.88. The monoisotopic (exact) mass is 837 g/mol. The second-order valence-electron chi connectivity index (χ2n) is 20.2. The summed E-state index contributed by atoms with van der Waals surface area (Å²) in [5.41, 5.74) is -1.03. The number of rotatable bonds is 18. The van der Waals surface area contributed by atoms with Gasteiger partial charge in [0, 0.05) is 62.4 Å². The van der Waals surface area contributed by atoms with E-state index in [1.807, 2.05) is 13.0 Å². The minimum absolute atomic E-state index is 0.0537. The number of piperidine rings is 1. The Kier molecular flexibility index (Phi) is 10.5. The van der Waals surface area contributed by atoms with Gasteiger partial charge < -0.3 is 38.3 Å². The summed E-state index contributed by atoms with van der Waals surface area (Å²) in [5, 5.41) is 12.6. The Balaban J connectivity index is 0.922. The average molecular weight is 838 g/mol. The molecule has 1 N–H and O–H groups in total. The van der Waals surface area contributed by atoms with E-state index in [2.05, 4.69) is 38.7 Å². The number of ether oxygens (including phenoxy) is 7. The van der Waals surface area contributed by atoms with Gasteiger partial charge in [-0.2, -0.15) is 0 Å². The Bertz CT molecular complexity index is 1930. The number of carbonyl (C=O) groups is 5. The van der Waals surface area contributed by atoms with E-state index in [0.717, 1.165) is 44.6 Å². The Labute approximate surface area is 352 Å². The van der Waals surface area contributed by atoms with Gasteiger partial charge in [-0.1, -0.05) is 26.8 Å². The molecule has 0 amide bonds. The molecule has 9 rings (SSSR count). The third kappa shape index (κ3) is 6.30. The van der Waals surface area contributed by atoms with Gasteiger partial charge in [-0.25, -0.2) is 0 Å². The molecular weight excluding hydrogens is 775 g/mol. The number of fused-ring (bicyclic) bond motifs is 2. The SMILES string of the molecule is CO[C@]12CC[C@@]3(C[C@@H]1[C@](C)(O)C(C)(C)C)C1[N@](CC4CC4)C14Cc1ccc(OC(=O)CCCCOC(=O)CCC(=O)OC(COC(C)=O)COC(C)=O)c5c1[C@@]3(C4)[C@]2(C)O5. The summed E-state index contributed by atoms with van der Waals surface area (Å²) in [4.78, 5) is 63.3. The Hall–Kier alpha value is -3.75. The van der Waals surface area contributed by atoms with Crippen LogP contribution in [0.2, 0.25) is 0 Å². The van der Waals surface area contributed by atoms with Gasteiger partial charge in [-0.15, -0.1) is 0 Å². The lowest BCUT2D eigenvalue weighted by atomic mass is 9.34. The van der Waals surface area contributed by atoms with Crippen molar-refractivity contribution >= 4 is 29.8 Å². The Morgan fingerprint density at radius 3 is 2.23 bits per heavy atom. The van der Waals surface area contributed by atoms with Crippen molar-refractivity contribution in [1.82, 2.24) is 4.90 Å². The van der Waals surface area contributed by atoms with Gasteiger partial charge in [0.05, 0.1) is 30.5 Å². The van der Waals surface area contributed by atoms with Crippen molar-refractivity contribution in [2.24, 2.45) is 22.7 Å². The summed E-state index contributed by atoms with van der Waals surface area (Å²) in [6.45, 7) is 13.6. The lowest BCUT2D eigenvalue weighted by Gasteiger charge is -2.73. The highest BCUT2D eigenvalue weighted by atomic mass is 16.6. The van der Waals surface area contributed by atoms with Crippen LogP contribution >= 0.6 is 0 Å². The van der Waals surface area contributed by atoms with Crippen molar-refractivity contribution in [2.75, 3.05) is 33.5 Å². The van der Waals surface area contributed by atoms with Crippen molar-refractivity contribution in [3.05, 3.63) is 23.3 Å². The van der Waals surface area contributed by atoms with Gasteiger partial charge in [-0.3, -0.25) is 28.9 Å². The topological polar surface area (TPSA) is 173 Å². The summed E-state index contributed by atoms with van der Waals surface area (Å²) in [5.74, 6) is -1.28. The largest absolute Gasteiger partial charge is 0.479 e. The molecule has 0 aromatic heterocycles. The average Bonchev–Trinajstić information content (AvgIpc) is 4.06. The molecule has 8 aliphatic rings. The van der Waals surface area contributed by atoms with E-state index < -0.39 is 58.2 Å². The fraction of sp³-hybridized carbons (Fsp3) is 0.761. The molecule has 14 heteroatoms. The van der Waals surface area contributed by atoms with E-state index in [-0.39, 0.29) is 61.4 Å². The third-order valence-electron chi connectivity index (χ3n) is 16.2. The number of hydrogen-bond acceptors (Lipinski definition) is 14. The number of nitrogens with zero attached hydrogens (tertiary/aromatic N) is 1. The molecular formula is C46H63NO13. The van der Waals surface area contributed by atoms with Crippen LogP contribution in [-0.4, -0.2) is 108 Å². The van der Waals surface area contributed by atoms with Crippen LogP contribution in [0.1, 0.15) is 130 Å². The lowest BCUT2D eigenvalue weighted by molar-refractivity contribution is -0.325. The lowest BCUT2D eigenvalue weighted by Crippen LogP contribution is -2.83. The number of hydrogen-bond donors (Lipinski definition) is 1. The first-order chi connectivity index (χ1) is 28.2. The smallest absolute Gasteiger partial charge is 0.311 e. The highest BCUT2D eigenvalue weighted by molar-refractivity contribution is 5.78. The minimum Gasteiger partial charge on any atom is -0.479 e. The fourth-order valence-electron chi connectivity index (χ4n) is 13.0. The molecule has 4 bridgehead atoms. The number of likely N-dealkylation sites (tertiary alicyclic amines) is 1. The fourth-order valence-corrected chi connectivity index (χ4v) is 13.0. The number of carbonyl (C=O) groups excluding carboxylic acids is 5. The summed E-state index contributed by atoms with van der Waals surface area (Å²) in [6, 6.07) is 4.45. The van der Waals surface area contributed by atoms with Crippen LogP contribution in [-0.2, 0) is 59.5 Å². The van der Waals surface area contributed by atoms with Crippen molar-refractivity contribution < 1.29 is 62.2 Å². The van der Waals surface area contributed by atoms with Crippen molar-refractivity contribution in [3.8, 4) is 11.5 Å². The first-order valence-electron chi connectivity index (χ1n) is 21.9. The molecule has 0 radical (unpaired) electrons. The zero-order valence-corrected chi connectivity index (χ0v) is 36.6. The molecule has 6 fully saturated rings. The van der Waals surface area contributed by atoms with Crippen LogP contribution in [0.25, 0.3) is 0 Å². The van der Waals surface area contributed by atoms with Gasteiger partial charge >= 0.3 is 29.8 Å². The summed E-state index contributed by atoms with van der Waals surface area (Å²) in [7, 11) is 1.79.